The number of pyridine rings is 1. The first-order valence-electron chi connectivity index (χ1n) is 17.2. The van der Waals surface area contributed by atoms with Gasteiger partial charge in [-0.05, 0) is 63.0 Å². The third kappa shape index (κ3) is 22.6. The predicted octanol–water partition coefficient (Wildman–Crippen LogP) is 5.85. The molecule has 0 saturated carbocycles. The van der Waals surface area contributed by atoms with E-state index in [1.54, 1.807) is 20.0 Å². The fraction of sp³-hybridized carbons (Fsp3) is 0.778. The fourth-order valence-electron chi connectivity index (χ4n) is 4.81. The van der Waals surface area contributed by atoms with Crippen LogP contribution in [0.5, 0.6) is 0 Å². The van der Waals surface area contributed by atoms with Crippen LogP contribution in [0, 0.1) is 35.5 Å². The van der Waals surface area contributed by atoms with E-state index in [0.717, 1.165) is 44.2 Å². The molecule has 1 aromatic rings. The lowest BCUT2D eigenvalue weighted by atomic mass is 9.90. The average molecular weight is 636 g/mol. The van der Waals surface area contributed by atoms with Crippen molar-refractivity contribution in [2.24, 2.45) is 41.2 Å². The summed E-state index contributed by atoms with van der Waals surface area (Å²) in [6, 6.07) is 5.73. The summed E-state index contributed by atoms with van der Waals surface area (Å²) in [5.74, 6) is 1.85. The highest BCUT2D eigenvalue weighted by molar-refractivity contribution is 5.79. The molecular formula is C36H69N5O4. The van der Waals surface area contributed by atoms with E-state index < -0.39 is 5.60 Å². The van der Waals surface area contributed by atoms with Gasteiger partial charge < -0.3 is 26.8 Å². The minimum Gasteiger partial charge on any atom is -0.389 e. The zero-order valence-electron chi connectivity index (χ0n) is 30.5. The van der Waals surface area contributed by atoms with Crippen LogP contribution in [0.25, 0.3) is 0 Å². The summed E-state index contributed by atoms with van der Waals surface area (Å²) >= 11 is 0. The van der Waals surface area contributed by atoms with Crippen molar-refractivity contribution in [3.63, 3.8) is 0 Å². The maximum absolute atomic E-state index is 12.0. The minimum absolute atomic E-state index is 0.0639. The number of nitrogens with two attached hydrogens (primary N) is 1. The Morgan fingerprint density at radius 2 is 1.18 bits per heavy atom. The minimum atomic E-state index is -0.830. The molecule has 0 fully saturated rings. The Bertz CT molecular complexity index is 900. The number of hydrogen-bond donors (Lipinski definition) is 5. The van der Waals surface area contributed by atoms with E-state index in [0.29, 0.717) is 43.9 Å². The molecule has 0 aliphatic carbocycles. The molecule has 45 heavy (non-hydrogen) atoms. The van der Waals surface area contributed by atoms with Crippen molar-refractivity contribution >= 4 is 17.7 Å². The van der Waals surface area contributed by atoms with E-state index in [-0.39, 0.29) is 35.5 Å². The summed E-state index contributed by atoms with van der Waals surface area (Å²) in [6.45, 7) is 24.1. The molecule has 0 aromatic carbocycles. The maximum Gasteiger partial charge on any atom is 0.223 e. The Morgan fingerprint density at radius 3 is 1.51 bits per heavy atom. The van der Waals surface area contributed by atoms with Gasteiger partial charge in [-0.1, -0.05) is 87.6 Å². The van der Waals surface area contributed by atoms with Gasteiger partial charge in [-0.2, -0.15) is 0 Å². The van der Waals surface area contributed by atoms with Gasteiger partial charge in [0, 0.05) is 43.6 Å². The Labute approximate surface area is 275 Å². The zero-order valence-corrected chi connectivity index (χ0v) is 30.5. The van der Waals surface area contributed by atoms with Gasteiger partial charge in [-0.15, -0.1) is 0 Å². The second-order valence-electron chi connectivity index (χ2n) is 13.6. The smallest absolute Gasteiger partial charge is 0.223 e. The van der Waals surface area contributed by atoms with Crippen molar-refractivity contribution in [3.05, 3.63) is 30.1 Å². The second-order valence-corrected chi connectivity index (χ2v) is 13.6. The number of aliphatic hydroxyl groups is 1. The molecule has 9 heteroatoms. The molecule has 0 radical (unpaired) electrons. The number of nitrogens with one attached hydrogen (secondary N) is 3. The Balaban J connectivity index is 0. The van der Waals surface area contributed by atoms with Gasteiger partial charge in [0.15, 0.2) is 0 Å². The number of rotatable bonds is 18. The third-order valence-electron chi connectivity index (χ3n) is 7.53. The molecule has 262 valence electrons. The lowest BCUT2D eigenvalue weighted by molar-refractivity contribution is -0.128. The molecular weight excluding hydrogens is 566 g/mol. The molecule has 3 atom stereocenters. The highest BCUT2D eigenvalue weighted by Gasteiger charge is 2.23. The molecule has 0 spiro atoms. The van der Waals surface area contributed by atoms with Crippen LogP contribution in [0.3, 0.4) is 0 Å². The van der Waals surface area contributed by atoms with Gasteiger partial charge in [0.25, 0.3) is 0 Å². The van der Waals surface area contributed by atoms with Gasteiger partial charge in [0.1, 0.15) is 0 Å². The number of carbonyl (C=O) groups is 3. The normalized spacial score (nSPS) is 13.2. The molecule has 1 rings (SSSR count). The first-order chi connectivity index (χ1) is 21.1. The first-order valence-corrected chi connectivity index (χ1v) is 17.2. The van der Waals surface area contributed by atoms with E-state index in [1.165, 1.54) is 0 Å². The molecule has 3 unspecified atom stereocenters. The van der Waals surface area contributed by atoms with Gasteiger partial charge >= 0.3 is 0 Å². The van der Waals surface area contributed by atoms with Crippen LogP contribution >= 0.6 is 0 Å². The lowest BCUT2D eigenvalue weighted by Crippen LogP contribution is -2.42. The van der Waals surface area contributed by atoms with Gasteiger partial charge in [0.05, 0.1) is 17.8 Å². The van der Waals surface area contributed by atoms with Crippen LogP contribution in [0.1, 0.15) is 120 Å². The van der Waals surface area contributed by atoms with Crippen molar-refractivity contribution in [1.29, 1.82) is 0 Å². The molecule has 1 aromatic heterocycles. The van der Waals surface area contributed by atoms with Gasteiger partial charge in [0.2, 0.25) is 17.7 Å². The number of hydrogen-bond acceptors (Lipinski definition) is 6. The summed E-state index contributed by atoms with van der Waals surface area (Å²) in [5.41, 5.74) is 5.38. The Morgan fingerprint density at radius 1 is 0.756 bits per heavy atom. The molecule has 6 N–H and O–H groups in total. The highest BCUT2D eigenvalue weighted by Crippen LogP contribution is 2.19. The van der Waals surface area contributed by atoms with Crippen molar-refractivity contribution in [1.82, 2.24) is 20.9 Å². The lowest BCUT2D eigenvalue weighted by Gasteiger charge is -2.23. The third-order valence-corrected chi connectivity index (χ3v) is 7.53. The molecule has 9 nitrogen and oxygen atoms in total. The van der Waals surface area contributed by atoms with Crippen LogP contribution in [0.15, 0.2) is 24.4 Å². The topological polar surface area (TPSA) is 146 Å². The van der Waals surface area contributed by atoms with Crippen molar-refractivity contribution in [3.8, 4) is 0 Å². The second kappa shape index (κ2) is 25.6. The summed E-state index contributed by atoms with van der Waals surface area (Å²) < 4.78 is 0. The first kappa shape index (κ1) is 44.6. The highest BCUT2D eigenvalue weighted by atomic mass is 16.3. The van der Waals surface area contributed by atoms with Crippen LogP contribution in [-0.2, 0) is 20.9 Å². The molecule has 0 bridgehead atoms. The van der Waals surface area contributed by atoms with Crippen molar-refractivity contribution in [2.75, 3.05) is 19.6 Å². The Kier molecular flexibility index (Phi) is 25.4. The van der Waals surface area contributed by atoms with E-state index >= 15 is 0 Å². The molecule has 1 heterocycles. The molecule has 0 aliphatic rings. The molecule has 3 amide bonds. The maximum atomic E-state index is 12.0. The summed E-state index contributed by atoms with van der Waals surface area (Å²) in [4.78, 5) is 39.6. The quantitative estimate of drug-likeness (QED) is 0.137. The number of nitrogens with zero attached hydrogens (tertiary/aromatic N) is 1. The summed E-state index contributed by atoms with van der Waals surface area (Å²) in [6.07, 6.45) is 7.68. The molecule has 0 aliphatic heterocycles. The predicted molar refractivity (Wildman–Crippen MR) is 187 cm³/mol. The summed E-state index contributed by atoms with van der Waals surface area (Å²) in [5, 5.41) is 18.1. The summed E-state index contributed by atoms with van der Waals surface area (Å²) in [7, 11) is 0. The molecule has 0 saturated heterocycles. The Hall–Kier alpha value is -2.52. The average Bonchev–Trinajstić information content (AvgIpc) is 2.98. The van der Waals surface area contributed by atoms with E-state index in [2.05, 4.69) is 83.2 Å². The fourth-order valence-corrected chi connectivity index (χ4v) is 4.81. The van der Waals surface area contributed by atoms with Crippen LogP contribution in [-0.4, -0.2) is 53.0 Å². The van der Waals surface area contributed by atoms with Crippen molar-refractivity contribution in [2.45, 2.75) is 127 Å². The number of carbonyl (C=O) groups excluding carboxylic acids is 3. The SMILES string of the molecule is CCCC(C(=O)NCC(C)(C)O)C(C)C.CCCC(C(=O)NCCN)C(C)C.CCCC(C(=O)NCc1ccccn1)C(C)C. The van der Waals surface area contributed by atoms with E-state index in [4.69, 9.17) is 5.73 Å². The van der Waals surface area contributed by atoms with Gasteiger partial charge in [-0.25, -0.2) is 0 Å². The van der Waals surface area contributed by atoms with E-state index in [1.807, 2.05) is 18.2 Å². The van der Waals surface area contributed by atoms with E-state index in [9.17, 15) is 19.5 Å². The number of amides is 3. The standard InChI is InChI=1S/C14H22N2O.C12H25NO2.C10H22N2O/c1-4-7-13(11(2)3)14(17)16-10-12-8-5-6-9-15-12;1-6-7-10(9(2)3)11(14)13-8-12(4,5)15;1-4-5-9(8(2)3)10(13)12-7-6-11/h5-6,8-9,11,13H,4,7,10H2,1-3H3,(H,16,17);9-10,15H,6-8H2,1-5H3,(H,13,14);8-9H,4-7,11H2,1-3H3,(H,12,13). The largest absolute Gasteiger partial charge is 0.389 e. The van der Waals surface area contributed by atoms with Crippen LogP contribution in [0.2, 0.25) is 0 Å². The monoisotopic (exact) mass is 636 g/mol. The zero-order chi connectivity index (χ0) is 35.0. The van der Waals surface area contributed by atoms with Crippen molar-refractivity contribution < 1.29 is 19.5 Å². The van der Waals surface area contributed by atoms with Gasteiger partial charge in [-0.3, -0.25) is 19.4 Å². The van der Waals surface area contributed by atoms with Crippen LogP contribution < -0.4 is 21.7 Å². The number of aromatic nitrogens is 1. The van der Waals surface area contributed by atoms with Crippen LogP contribution in [0.4, 0.5) is 0 Å².